The number of carboxylic acid groups (broad SMARTS) is 2. The van der Waals surface area contributed by atoms with Gasteiger partial charge in [0.2, 0.25) is 0 Å². The van der Waals surface area contributed by atoms with Gasteiger partial charge in [-0.15, -0.1) is 4.37 Å². The first-order valence-electron chi connectivity index (χ1n) is 6.69. The zero-order valence-corrected chi connectivity index (χ0v) is 19.9. The van der Waals surface area contributed by atoms with Crippen molar-refractivity contribution in [3.05, 3.63) is 23.4 Å². The Bertz CT molecular complexity index is 618. The van der Waals surface area contributed by atoms with E-state index in [0.717, 1.165) is 25.2 Å². The van der Waals surface area contributed by atoms with Crippen LogP contribution in [0.3, 0.4) is 0 Å². The van der Waals surface area contributed by atoms with Crippen molar-refractivity contribution < 1.29 is 83.7 Å². The largest absolute Gasteiger partial charge is 1.00 e. The van der Waals surface area contributed by atoms with Crippen LogP contribution in [0.15, 0.2) is 17.7 Å². The summed E-state index contributed by atoms with van der Waals surface area (Å²) >= 11 is 1.21. The Labute approximate surface area is 194 Å². The van der Waals surface area contributed by atoms with Crippen LogP contribution >= 0.6 is 11.7 Å². The van der Waals surface area contributed by atoms with Gasteiger partial charge in [-0.3, -0.25) is 0 Å². The van der Waals surface area contributed by atoms with Crippen molar-refractivity contribution in [1.82, 2.24) is 13.6 Å². The van der Waals surface area contributed by atoms with Crippen LogP contribution in [-0.4, -0.2) is 52.8 Å². The fourth-order valence-electron chi connectivity index (χ4n) is 1.91. The van der Waals surface area contributed by atoms with Crippen LogP contribution in [0.1, 0.15) is 19.0 Å². The van der Waals surface area contributed by atoms with Crippen LogP contribution in [-0.2, 0) is 9.59 Å². The van der Waals surface area contributed by atoms with E-state index in [0.29, 0.717) is 18.0 Å². The summed E-state index contributed by atoms with van der Waals surface area (Å²) in [6.45, 7) is 4.23. The maximum Gasteiger partial charge on any atom is 1.00 e. The molecule has 1 aromatic heterocycles. The van der Waals surface area contributed by atoms with Crippen molar-refractivity contribution in [2.24, 2.45) is 0 Å². The van der Waals surface area contributed by atoms with Crippen molar-refractivity contribution in [3.8, 4) is 5.88 Å². The minimum Gasteiger partial charge on any atom is -0.545 e. The number of rotatable bonds is 4. The number of likely N-dealkylation sites (N-methyl/N-ethyl adjacent to an activating group) is 1. The average molecular weight is 385 g/mol. The second-order valence-electron chi connectivity index (χ2n) is 4.84. The number of hydrogen-bond acceptors (Lipinski definition) is 9. The van der Waals surface area contributed by atoms with E-state index in [-0.39, 0.29) is 59.1 Å². The first-order chi connectivity index (χ1) is 10.8. The van der Waals surface area contributed by atoms with E-state index < -0.39 is 11.9 Å². The Kier molecular flexibility index (Phi) is 15.0. The predicted octanol–water partition coefficient (Wildman–Crippen LogP) is -7.29. The summed E-state index contributed by atoms with van der Waals surface area (Å²) < 4.78 is 13.6. The standard InChI is InChI=1S/C10H15N3OS.C4H4O4.2Na/c1-7-4-5-13(2)6-8(7)9-10(14-3)12-15-11-9;5-3(6)1-2-4(7)8;;/h4-6H2,1-3H3;1-2H,(H,5,6)(H,7,8);;/q;;2*+1/p-2/b;2-1+;;. The third kappa shape index (κ3) is 9.86. The summed E-state index contributed by atoms with van der Waals surface area (Å²) in [6.07, 6.45) is 1.87. The molecule has 0 spiro atoms. The monoisotopic (exact) mass is 385 g/mol. The summed E-state index contributed by atoms with van der Waals surface area (Å²) in [6, 6.07) is 0. The van der Waals surface area contributed by atoms with Gasteiger partial charge < -0.3 is 29.4 Å². The Morgan fingerprint density at radius 1 is 1.20 bits per heavy atom. The summed E-state index contributed by atoms with van der Waals surface area (Å²) in [5, 5.41) is 18.8. The zero-order valence-electron chi connectivity index (χ0n) is 15.1. The molecular weight excluding hydrogens is 368 g/mol. The van der Waals surface area contributed by atoms with Gasteiger partial charge in [-0.1, -0.05) is 5.57 Å². The molecule has 11 heteroatoms. The number of methoxy groups -OCH3 is 1. The smallest absolute Gasteiger partial charge is 0.545 e. The molecule has 0 saturated carbocycles. The molecule has 0 atom stereocenters. The molecule has 0 aromatic carbocycles. The SMILES string of the molecule is COc1nsnc1C1=C(C)CCN(C)C1.O=C([O-])/C=C/C(=O)[O-].[Na+].[Na+]. The summed E-state index contributed by atoms with van der Waals surface area (Å²) in [4.78, 5) is 21.1. The third-order valence-electron chi connectivity index (χ3n) is 3.10. The number of aliphatic carboxylic acids is 2. The molecule has 1 aliphatic rings. The quantitative estimate of drug-likeness (QED) is 0.371. The van der Waals surface area contributed by atoms with Gasteiger partial charge in [0.15, 0.2) is 0 Å². The van der Waals surface area contributed by atoms with E-state index in [9.17, 15) is 19.8 Å². The van der Waals surface area contributed by atoms with Crippen molar-refractivity contribution in [1.29, 1.82) is 0 Å². The molecule has 0 fully saturated rings. The van der Waals surface area contributed by atoms with E-state index in [4.69, 9.17) is 4.74 Å². The van der Waals surface area contributed by atoms with Crippen molar-refractivity contribution in [2.45, 2.75) is 13.3 Å². The van der Waals surface area contributed by atoms with Gasteiger partial charge in [-0.25, -0.2) is 0 Å². The normalized spacial score (nSPS) is 14.0. The van der Waals surface area contributed by atoms with E-state index in [1.165, 1.54) is 22.9 Å². The molecule has 0 bridgehead atoms. The maximum absolute atomic E-state index is 9.41. The molecule has 0 unspecified atom stereocenters. The third-order valence-corrected chi connectivity index (χ3v) is 3.62. The maximum atomic E-state index is 9.41. The number of aromatic nitrogens is 2. The topological polar surface area (TPSA) is 119 Å². The number of nitrogens with zero attached hydrogens (tertiary/aromatic N) is 3. The molecule has 1 aliphatic heterocycles. The molecule has 0 N–H and O–H groups in total. The Balaban J connectivity index is 0. The predicted molar refractivity (Wildman–Crippen MR) is 80.3 cm³/mol. The van der Waals surface area contributed by atoms with E-state index >= 15 is 0 Å². The fraction of sp³-hybridized carbons (Fsp3) is 0.429. The minimum absolute atomic E-state index is 0. The van der Waals surface area contributed by atoms with Gasteiger partial charge in [0.05, 0.1) is 30.8 Å². The molecule has 2 heterocycles. The summed E-state index contributed by atoms with van der Waals surface area (Å²) in [7, 11) is 3.77. The summed E-state index contributed by atoms with van der Waals surface area (Å²) in [5.74, 6) is -2.44. The Morgan fingerprint density at radius 2 is 1.76 bits per heavy atom. The van der Waals surface area contributed by atoms with Crippen LogP contribution in [0.25, 0.3) is 5.57 Å². The first kappa shape index (κ1) is 27.0. The van der Waals surface area contributed by atoms with Crippen molar-refractivity contribution >= 4 is 29.2 Å². The fourth-order valence-corrected chi connectivity index (χ4v) is 2.45. The molecule has 0 saturated heterocycles. The minimum atomic E-state index is -1.55. The van der Waals surface area contributed by atoms with Crippen LogP contribution in [0.4, 0.5) is 0 Å². The van der Waals surface area contributed by atoms with Crippen LogP contribution in [0.5, 0.6) is 5.88 Å². The number of hydrogen-bond donors (Lipinski definition) is 0. The van der Waals surface area contributed by atoms with Gasteiger partial charge in [-0.05, 0) is 38.1 Å². The molecule has 8 nitrogen and oxygen atoms in total. The van der Waals surface area contributed by atoms with E-state index in [2.05, 4.69) is 27.6 Å². The van der Waals surface area contributed by atoms with Crippen molar-refractivity contribution in [2.75, 3.05) is 27.2 Å². The summed E-state index contributed by atoms with van der Waals surface area (Å²) in [5.41, 5.74) is 3.60. The molecule has 126 valence electrons. The molecular formula is C14H17N3Na2O5S. The van der Waals surface area contributed by atoms with Gasteiger partial charge in [-0.2, -0.15) is 4.37 Å². The zero-order chi connectivity index (χ0) is 17.4. The molecule has 0 aliphatic carbocycles. The van der Waals surface area contributed by atoms with Crippen LogP contribution < -0.4 is 74.1 Å². The van der Waals surface area contributed by atoms with Crippen LogP contribution in [0.2, 0.25) is 0 Å². The second kappa shape index (κ2) is 13.9. The molecule has 0 radical (unpaired) electrons. The van der Waals surface area contributed by atoms with Crippen molar-refractivity contribution in [3.63, 3.8) is 0 Å². The average Bonchev–Trinajstić information content (AvgIpc) is 2.96. The molecule has 1 aromatic rings. The van der Waals surface area contributed by atoms with Gasteiger partial charge in [0.1, 0.15) is 5.69 Å². The van der Waals surface area contributed by atoms with E-state index in [1.807, 2.05) is 0 Å². The molecule has 2 rings (SSSR count). The first-order valence-corrected chi connectivity index (χ1v) is 7.42. The number of ether oxygens (including phenoxy) is 1. The number of carboxylic acids is 2. The number of carbonyl (C=O) groups excluding carboxylic acids is 2. The van der Waals surface area contributed by atoms with Crippen LogP contribution in [0, 0.1) is 0 Å². The van der Waals surface area contributed by atoms with Gasteiger partial charge in [0, 0.05) is 13.1 Å². The molecule has 0 amide bonds. The van der Waals surface area contributed by atoms with Gasteiger partial charge in [0.25, 0.3) is 5.88 Å². The second-order valence-corrected chi connectivity index (χ2v) is 5.37. The van der Waals surface area contributed by atoms with E-state index in [1.54, 1.807) is 7.11 Å². The number of carbonyl (C=O) groups is 2. The molecule has 25 heavy (non-hydrogen) atoms. The van der Waals surface area contributed by atoms with Gasteiger partial charge >= 0.3 is 59.1 Å². The Hall–Kier alpha value is -0.260. The Morgan fingerprint density at radius 3 is 2.24 bits per heavy atom.